The first kappa shape index (κ1) is 19.3. The van der Waals surface area contributed by atoms with Gasteiger partial charge < -0.3 is 19.4 Å². The van der Waals surface area contributed by atoms with E-state index >= 15 is 0 Å². The van der Waals surface area contributed by atoms with Gasteiger partial charge in [0.05, 0.1) is 23.2 Å². The zero-order valence-corrected chi connectivity index (χ0v) is 16.5. The average Bonchev–Trinajstić information content (AvgIpc) is 3.09. The first-order valence-electron chi connectivity index (χ1n) is 9.68. The molecule has 0 aromatic carbocycles. The molecule has 4 rings (SSSR count). The van der Waals surface area contributed by atoms with E-state index in [1.54, 1.807) is 13.0 Å². The van der Waals surface area contributed by atoms with Crippen molar-refractivity contribution in [2.75, 3.05) is 0 Å². The molecule has 2 N–H and O–H groups in total. The number of esters is 1. The molecule has 3 aliphatic rings. The van der Waals surface area contributed by atoms with Gasteiger partial charge >= 0.3 is 5.97 Å². The summed E-state index contributed by atoms with van der Waals surface area (Å²) in [5.74, 6) is -2.36. The van der Waals surface area contributed by atoms with Crippen molar-refractivity contribution in [3.8, 4) is 0 Å². The Labute approximate surface area is 163 Å². The van der Waals surface area contributed by atoms with Crippen LogP contribution in [0.15, 0.2) is 16.7 Å². The van der Waals surface area contributed by atoms with E-state index in [0.29, 0.717) is 17.7 Å². The predicted molar refractivity (Wildman–Crippen MR) is 96.4 cm³/mol. The number of carbonyl (C=O) groups excluding carboxylic acids is 3. The first-order chi connectivity index (χ1) is 13.0. The van der Waals surface area contributed by atoms with Crippen molar-refractivity contribution in [2.24, 2.45) is 22.7 Å². The van der Waals surface area contributed by atoms with Crippen LogP contribution in [0.25, 0.3) is 0 Å². The second-order valence-corrected chi connectivity index (χ2v) is 9.25. The minimum Gasteiger partial charge on any atom is -0.469 e. The highest BCUT2D eigenvalue weighted by Crippen LogP contribution is 2.64. The van der Waals surface area contributed by atoms with Crippen molar-refractivity contribution in [2.45, 2.75) is 64.8 Å². The van der Waals surface area contributed by atoms with Crippen LogP contribution < -0.4 is 0 Å². The minimum atomic E-state index is -1.83. The molecule has 0 saturated heterocycles. The Morgan fingerprint density at radius 1 is 1.29 bits per heavy atom. The van der Waals surface area contributed by atoms with Gasteiger partial charge in [0.1, 0.15) is 23.2 Å². The van der Waals surface area contributed by atoms with Crippen LogP contribution in [-0.4, -0.2) is 45.6 Å². The smallest absolute Gasteiger partial charge is 0.303 e. The fraction of sp³-hybridized carbons (Fsp3) is 0.667. The van der Waals surface area contributed by atoms with Gasteiger partial charge in [-0.1, -0.05) is 13.8 Å². The lowest BCUT2D eigenvalue weighted by atomic mass is 9.40. The molecule has 2 saturated carbocycles. The summed E-state index contributed by atoms with van der Waals surface area (Å²) in [6.07, 6.45) is -0.502. The molecule has 0 spiro atoms. The molecule has 0 aliphatic heterocycles. The number of Topliss-reactive ketones (excluding diaryl/α,β-unsaturated/α-hetero) is 2. The number of rotatable bonds is 1. The molecular formula is C21H26O7. The Kier molecular flexibility index (Phi) is 3.98. The highest BCUT2D eigenvalue weighted by molar-refractivity contribution is 6.02. The summed E-state index contributed by atoms with van der Waals surface area (Å²) in [7, 11) is 0. The normalized spacial score (nSPS) is 41.6. The quantitative estimate of drug-likeness (QED) is 0.701. The zero-order valence-electron chi connectivity index (χ0n) is 16.5. The minimum absolute atomic E-state index is 0.184. The third kappa shape index (κ3) is 2.09. The lowest BCUT2D eigenvalue weighted by Crippen LogP contribution is -2.79. The molecule has 152 valence electrons. The summed E-state index contributed by atoms with van der Waals surface area (Å²) in [5.41, 5.74) is -3.66. The number of aliphatic hydroxyl groups excluding tert-OH is 1. The van der Waals surface area contributed by atoms with Crippen LogP contribution in [0.3, 0.4) is 0 Å². The topological polar surface area (TPSA) is 114 Å². The average molecular weight is 390 g/mol. The Balaban J connectivity index is 1.97. The number of ether oxygens (including phenoxy) is 1. The molecule has 7 nitrogen and oxygen atoms in total. The number of fused-ring (bicyclic) bond motifs is 4. The van der Waals surface area contributed by atoms with Crippen molar-refractivity contribution in [1.29, 1.82) is 0 Å². The van der Waals surface area contributed by atoms with Gasteiger partial charge in [0.25, 0.3) is 0 Å². The lowest BCUT2D eigenvalue weighted by molar-refractivity contribution is -0.294. The van der Waals surface area contributed by atoms with Gasteiger partial charge in [-0.3, -0.25) is 14.4 Å². The molecule has 1 aromatic heterocycles. The fourth-order valence-electron chi connectivity index (χ4n) is 6.09. The Morgan fingerprint density at radius 3 is 2.61 bits per heavy atom. The summed E-state index contributed by atoms with van der Waals surface area (Å²) in [6.45, 7) is 6.46. The number of hydrogen-bond acceptors (Lipinski definition) is 7. The lowest BCUT2D eigenvalue weighted by Gasteiger charge is -2.66. The zero-order chi connectivity index (χ0) is 20.6. The molecule has 0 unspecified atom stereocenters. The maximum Gasteiger partial charge on any atom is 0.303 e. The van der Waals surface area contributed by atoms with Crippen LogP contribution in [0.4, 0.5) is 0 Å². The van der Waals surface area contributed by atoms with Crippen molar-refractivity contribution < 1.29 is 33.8 Å². The molecule has 6 atom stereocenters. The Bertz CT molecular complexity index is 868. The third-order valence-corrected chi connectivity index (χ3v) is 7.66. The molecule has 0 amide bonds. The van der Waals surface area contributed by atoms with E-state index < -0.39 is 46.4 Å². The van der Waals surface area contributed by atoms with Gasteiger partial charge in [-0.2, -0.15) is 0 Å². The van der Waals surface area contributed by atoms with Crippen molar-refractivity contribution in [3.63, 3.8) is 0 Å². The van der Waals surface area contributed by atoms with Crippen LogP contribution in [0.5, 0.6) is 0 Å². The van der Waals surface area contributed by atoms with E-state index in [-0.39, 0.29) is 24.4 Å². The van der Waals surface area contributed by atoms with Gasteiger partial charge in [0.15, 0.2) is 11.9 Å². The largest absolute Gasteiger partial charge is 0.469 e. The van der Waals surface area contributed by atoms with Crippen LogP contribution in [0.2, 0.25) is 0 Å². The van der Waals surface area contributed by atoms with Crippen LogP contribution in [-0.2, 0) is 20.7 Å². The SMILES string of the molecule is CC(=O)O[C@H]1[C@H](O)[C@H]2C(=O)c3ccoc3C[C@H]2[C@@]2(C)C(=O)CCC(C)(C)[C@]12O. The molecule has 2 fully saturated rings. The maximum absolute atomic E-state index is 13.3. The molecule has 1 aromatic rings. The molecule has 0 bridgehead atoms. The first-order valence-corrected chi connectivity index (χ1v) is 9.68. The van der Waals surface area contributed by atoms with E-state index in [1.807, 2.05) is 13.8 Å². The van der Waals surface area contributed by atoms with E-state index in [0.717, 1.165) is 0 Å². The van der Waals surface area contributed by atoms with Crippen molar-refractivity contribution >= 4 is 17.5 Å². The molecule has 7 heteroatoms. The number of furan rings is 1. The second kappa shape index (κ2) is 5.76. The van der Waals surface area contributed by atoms with Gasteiger partial charge in [0.2, 0.25) is 0 Å². The van der Waals surface area contributed by atoms with Crippen LogP contribution in [0, 0.1) is 22.7 Å². The number of ketones is 2. The summed E-state index contributed by atoms with van der Waals surface area (Å²) < 4.78 is 10.9. The van der Waals surface area contributed by atoms with Gasteiger partial charge in [0, 0.05) is 19.8 Å². The molecule has 1 heterocycles. The Hall–Kier alpha value is -1.99. The van der Waals surface area contributed by atoms with Crippen LogP contribution >= 0.6 is 0 Å². The second-order valence-electron chi connectivity index (χ2n) is 9.25. The van der Waals surface area contributed by atoms with E-state index in [1.165, 1.54) is 13.2 Å². The molecular weight excluding hydrogens is 364 g/mol. The summed E-state index contributed by atoms with van der Waals surface area (Å²) in [5, 5.41) is 23.2. The van der Waals surface area contributed by atoms with Crippen molar-refractivity contribution in [3.05, 3.63) is 23.7 Å². The van der Waals surface area contributed by atoms with Gasteiger partial charge in [-0.15, -0.1) is 0 Å². The van der Waals surface area contributed by atoms with E-state index in [4.69, 9.17) is 9.15 Å². The van der Waals surface area contributed by atoms with E-state index in [2.05, 4.69) is 0 Å². The number of carbonyl (C=O) groups is 3. The number of hydrogen-bond donors (Lipinski definition) is 2. The molecule has 28 heavy (non-hydrogen) atoms. The van der Waals surface area contributed by atoms with Gasteiger partial charge in [-0.25, -0.2) is 0 Å². The Morgan fingerprint density at radius 2 is 1.96 bits per heavy atom. The predicted octanol–water partition coefficient (Wildman–Crippen LogP) is 1.68. The third-order valence-electron chi connectivity index (χ3n) is 7.66. The monoisotopic (exact) mass is 390 g/mol. The fourth-order valence-corrected chi connectivity index (χ4v) is 6.09. The van der Waals surface area contributed by atoms with Crippen LogP contribution in [0.1, 0.15) is 56.7 Å². The standard InChI is InChI=1S/C21H26O7/c1-10(22)28-18-17(25)15-12(9-13-11(16(15)24)6-8-27-13)20(4)14(23)5-7-19(2,3)21(18,20)26/h6,8,12,15,17-18,25-26H,5,7,9H2,1-4H3/t12-,15-,17-,18+,20+,21-/m1/s1. The van der Waals surface area contributed by atoms with E-state index in [9.17, 15) is 24.6 Å². The highest BCUT2D eigenvalue weighted by atomic mass is 16.6. The summed E-state index contributed by atoms with van der Waals surface area (Å²) in [6, 6.07) is 1.55. The van der Waals surface area contributed by atoms with Crippen molar-refractivity contribution in [1.82, 2.24) is 0 Å². The molecule has 3 aliphatic carbocycles. The maximum atomic E-state index is 13.3. The highest BCUT2D eigenvalue weighted by Gasteiger charge is 2.76. The van der Waals surface area contributed by atoms with Gasteiger partial charge in [-0.05, 0) is 30.7 Å². The number of aliphatic hydroxyl groups is 2. The summed E-state index contributed by atoms with van der Waals surface area (Å²) >= 11 is 0. The summed E-state index contributed by atoms with van der Waals surface area (Å²) in [4.78, 5) is 38.3. The molecule has 0 radical (unpaired) electrons.